The number of rotatable bonds is 10. The lowest BCUT2D eigenvalue weighted by Crippen LogP contribution is -2.50. The fourth-order valence-electron chi connectivity index (χ4n) is 3.22. The van der Waals surface area contributed by atoms with Gasteiger partial charge in [0, 0.05) is 13.1 Å². The van der Waals surface area contributed by atoms with Gasteiger partial charge in [0.1, 0.15) is 11.8 Å². The summed E-state index contributed by atoms with van der Waals surface area (Å²) in [5.41, 5.74) is 1.98. The van der Waals surface area contributed by atoms with Crippen molar-refractivity contribution in [2.75, 3.05) is 13.2 Å². The van der Waals surface area contributed by atoms with E-state index in [1.807, 2.05) is 38.1 Å². The molecule has 5 nitrogen and oxygen atoms in total. The van der Waals surface area contributed by atoms with Gasteiger partial charge in [-0.05, 0) is 54.7 Å². The fourth-order valence-corrected chi connectivity index (χ4v) is 3.54. The van der Waals surface area contributed by atoms with Crippen LogP contribution in [-0.2, 0) is 16.1 Å². The number of hydrogen-bond acceptors (Lipinski definition) is 3. The molecule has 168 valence electrons. The van der Waals surface area contributed by atoms with Crippen molar-refractivity contribution in [2.24, 2.45) is 0 Å². The van der Waals surface area contributed by atoms with Crippen LogP contribution in [0.15, 0.2) is 42.5 Å². The third-order valence-electron chi connectivity index (χ3n) is 4.98. The van der Waals surface area contributed by atoms with Crippen molar-refractivity contribution in [1.29, 1.82) is 0 Å². The first-order valence-corrected chi connectivity index (χ1v) is 11.3. The van der Waals surface area contributed by atoms with E-state index in [2.05, 4.69) is 19.2 Å². The first-order valence-electron chi connectivity index (χ1n) is 10.5. The van der Waals surface area contributed by atoms with Crippen LogP contribution >= 0.6 is 23.2 Å². The molecule has 0 unspecified atom stereocenters. The van der Waals surface area contributed by atoms with Crippen molar-refractivity contribution in [2.45, 2.75) is 52.6 Å². The molecule has 0 fully saturated rings. The number of carbonyl (C=O) groups excluding carboxylic acids is 2. The quantitative estimate of drug-likeness (QED) is 0.509. The maximum absolute atomic E-state index is 13.1. The Balaban J connectivity index is 2.19. The number of hydrogen-bond donors (Lipinski definition) is 1. The smallest absolute Gasteiger partial charge is 0.261 e. The minimum atomic E-state index is -0.617. The van der Waals surface area contributed by atoms with E-state index in [9.17, 15) is 9.59 Å². The van der Waals surface area contributed by atoms with Gasteiger partial charge >= 0.3 is 0 Å². The zero-order chi connectivity index (χ0) is 23.0. The van der Waals surface area contributed by atoms with Crippen molar-refractivity contribution >= 4 is 35.0 Å². The Labute approximate surface area is 194 Å². The van der Waals surface area contributed by atoms with Gasteiger partial charge in [0.2, 0.25) is 5.91 Å². The molecule has 31 heavy (non-hydrogen) atoms. The van der Waals surface area contributed by atoms with Crippen LogP contribution in [0, 0.1) is 0 Å². The predicted octanol–water partition coefficient (Wildman–Crippen LogP) is 5.44. The van der Waals surface area contributed by atoms with Crippen LogP contribution in [0.2, 0.25) is 10.0 Å². The monoisotopic (exact) mass is 464 g/mol. The van der Waals surface area contributed by atoms with E-state index in [0.29, 0.717) is 34.7 Å². The number of carbonyl (C=O) groups is 2. The Bertz CT molecular complexity index is 885. The van der Waals surface area contributed by atoms with Gasteiger partial charge in [-0.2, -0.15) is 0 Å². The molecule has 1 N–H and O–H groups in total. The molecular weight excluding hydrogens is 435 g/mol. The zero-order valence-electron chi connectivity index (χ0n) is 18.5. The molecule has 2 rings (SSSR count). The Morgan fingerprint density at radius 3 is 2.26 bits per heavy atom. The maximum atomic E-state index is 13.1. The normalized spacial score (nSPS) is 11.8. The Morgan fingerprint density at radius 2 is 1.71 bits per heavy atom. The number of amides is 2. The SMILES string of the molecule is CCNC(=O)[C@H](CC)N(Cc1ccc(Cl)c(Cl)c1)C(=O)COc1ccc(C(C)C)cc1. The molecule has 2 aromatic rings. The minimum absolute atomic E-state index is 0.168. The molecule has 0 bridgehead atoms. The van der Waals surface area contributed by atoms with Crippen LogP contribution in [0.4, 0.5) is 0 Å². The maximum Gasteiger partial charge on any atom is 0.261 e. The van der Waals surface area contributed by atoms with Gasteiger partial charge in [0.05, 0.1) is 10.0 Å². The summed E-state index contributed by atoms with van der Waals surface area (Å²) < 4.78 is 5.73. The molecule has 0 heterocycles. The van der Waals surface area contributed by atoms with Crippen molar-refractivity contribution in [3.05, 3.63) is 63.6 Å². The van der Waals surface area contributed by atoms with Crippen LogP contribution in [0.25, 0.3) is 0 Å². The molecule has 0 saturated carbocycles. The molecular formula is C24H30Cl2N2O3. The summed E-state index contributed by atoms with van der Waals surface area (Å²) in [4.78, 5) is 27.3. The highest BCUT2D eigenvalue weighted by atomic mass is 35.5. The lowest BCUT2D eigenvalue weighted by Gasteiger charge is -2.30. The van der Waals surface area contributed by atoms with Gasteiger partial charge in [-0.25, -0.2) is 0 Å². The summed E-state index contributed by atoms with van der Waals surface area (Å²) >= 11 is 12.2. The number of likely N-dealkylation sites (N-methyl/N-ethyl adjacent to an activating group) is 1. The fraction of sp³-hybridized carbons (Fsp3) is 0.417. The largest absolute Gasteiger partial charge is 0.484 e. The lowest BCUT2D eigenvalue weighted by molar-refractivity contribution is -0.142. The van der Waals surface area contributed by atoms with Crippen LogP contribution in [0.1, 0.15) is 51.2 Å². The molecule has 2 amide bonds. The molecule has 0 aliphatic rings. The minimum Gasteiger partial charge on any atom is -0.484 e. The van der Waals surface area contributed by atoms with Gasteiger partial charge in [0.15, 0.2) is 6.61 Å². The summed E-state index contributed by atoms with van der Waals surface area (Å²) in [5.74, 6) is 0.551. The lowest BCUT2D eigenvalue weighted by atomic mass is 10.0. The highest BCUT2D eigenvalue weighted by Crippen LogP contribution is 2.24. The summed E-state index contributed by atoms with van der Waals surface area (Å²) in [6.45, 7) is 8.50. The number of halogens is 2. The molecule has 0 aromatic heterocycles. The van der Waals surface area contributed by atoms with Crippen LogP contribution < -0.4 is 10.1 Å². The van der Waals surface area contributed by atoms with E-state index in [1.165, 1.54) is 10.5 Å². The second kappa shape index (κ2) is 12.0. The molecule has 0 spiro atoms. The summed E-state index contributed by atoms with van der Waals surface area (Å²) in [5, 5.41) is 3.65. The van der Waals surface area contributed by atoms with Crippen molar-refractivity contribution in [3.8, 4) is 5.75 Å². The average molecular weight is 465 g/mol. The van der Waals surface area contributed by atoms with Crippen molar-refractivity contribution in [3.63, 3.8) is 0 Å². The van der Waals surface area contributed by atoms with E-state index >= 15 is 0 Å². The zero-order valence-corrected chi connectivity index (χ0v) is 20.0. The molecule has 7 heteroatoms. The van der Waals surface area contributed by atoms with E-state index in [1.54, 1.807) is 18.2 Å². The summed E-state index contributed by atoms with van der Waals surface area (Å²) in [6.07, 6.45) is 0.474. The summed E-state index contributed by atoms with van der Waals surface area (Å²) in [6, 6.07) is 12.3. The molecule has 2 aromatic carbocycles. The van der Waals surface area contributed by atoms with Gasteiger partial charge in [-0.15, -0.1) is 0 Å². The number of nitrogens with one attached hydrogen (secondary N) is 1. The second-order valence-corrected chi connectivity index (χ2v) is 8.42. The number of ether oxygens (including phenoxy) is 1. The Kier molecular flexibility index (Phi) is 9.66. The third kappa shape index (κ3) is 7.15. The second-order valence-electron chi connectivity index (χ2n) is 7.60. The van der Waals surface area contributed by atoms with E-state index in [4.69, 9.17) is 27.9 Å². The number of benzene rings is 2. The van der Waals surface area contributed by atoms with Gasteiger partial charge in [0.25, 0.3) is 5.91 Å². The number of nitrogens with zero attached hydrogens (tertiary/aromatic N) is 1. The van der Waals surface area contributed by atoms with Gasteiger partial charge in [-0.1, -0.05) is 62.2 Å². The first kappa shape index (κ1) is 25.0. The topological polar surface area (TPSA) is 58.6 Å². The molecule has 0 saturated heterocycles. The molecule has 0 radical (unpaired) electrons. The van der Waals surface area contributed by atoms with E-state index in [-0.39, 0.29) is 25.0 Å². The predicted molar refractivity (Wildman–Crippen MR) is 126 cm³/mol. The highest BCUT2D eigenvalue weighted by Gasteiger charge is 2.28. The summed E-state index contributed by atoms with van der Waals surface area (Å²) in [7, 11) is 0. The Morgan fingerprint density at radius 1 is 1.03 bits per heavy atom. The van der Waals surface area contributed by atoms with Crippen LogP contribution in [-0.4, -0.2) is 35.9 Å². The molecule has 1 atom stereocenters. The van der Waals surface area contributed by atoms with Crippen LogP contribution in [0.5, 0.6) is 5.75 Å². The highest BCUT2D eigenvalue weighted by molar-refractivity contribution is 6.42. The van der Waals surface area contributed by atoms with Gasteiger partial charge in [-0.3, -0.25) is 9.59 Å². The standard InChI is InChI=1S/C24H30Cl2N2O3/c1-5-22(24(30)27-6-2)28(14-17-7-12-20(25)21(26)13-17)23(29)15-31-19-10-8-18(9-11-19)16(3)4/h7-13,16,22H,5-6,14-15H2,1-4H3,(H,27,30)/t22-/m0/s1. The Hall–Kier alpha value is -2.24. The average Bonchev–Trinajstić information content (AvgIpc) is 2.74. The van der Waals surface area contributed by atoms with E-state index in [0.717, 1.165) is 5.56 Å². The first-order chi connectivity index (χ1) is 14.8. The van der Waals surface area contributed by atoms with Crippen molar-refractivity contribution < 1.29 is 14.3 Å². The van der Waals surface area contributed by atoms with E-state index < -0.39 is 6.04 Å². The molecule has 0 aliphatic carbocycles. The third-order valence-corrected chi connectivity index (χ3v) is 5.72. The van der Waals surface area contributed by atoms with Crippen molar-refractivity contribution in [1.82, 2.24) is 10.2 Å². The van der Waals surface area contributed by atoms with Gasteiger partial charge < -0.3 is 15.0 Å². The molecule has 0 aliphatic heterocycles. The van der Waals surface area contributed by atoms with Crippen LogP contribution in [0.3, 0.4) is 0 Å².